The van der Waals surface area contributed by atoms with E-state index in [2.05, 4.69) is 26.9 Å². The molecule has 2 aliphatic rings. The van der Waals surface area contributed by atoms with E-state index < -0.39 is 6.17 Å². The molecular formula is C26H28FN7O3. The highest BCUT2D eigenvalue weighted by molar-refractivity contribution is 5.91. The molecule has 37 heavy (non-hydrogen) atoms. The summed E-state index contributed by atoms with van der Waals surface area (Å²) in [5, 5.41) is 5.26. The first-order chi connectivity index (χ1) is 17.9. The van der Waals surface area contributed by atoms with Gasteiger partial charge in [-0.15, -0.1) is 0 Å². The van der Waals surface area contributed by atoms with Crippen molar-refractivity contribution in [3.05, 3.63) is 47.9 Å². The Balaban J connectivity index is 1.32. The predicted molar refractivity (Wildman–Crippen MR) is 136 cm³/mol. The molecule has 10 nitrogen and oxygen atoms in total. The molecule has 0 radical (unpaired) electrons. The van der Waals surface area contributed by atoms with Gasteiger partial charge in [0.1, 0.15) is 35.5 Å². The minimum atomic E-state index is -0.769. The first-order valence-corrected chi connectivity index (χ1v) is 12.0. The fourth-order valence-electron chi connectivity index (χ4n) is 4.50. The Labute approximate surface area is 213 Å². The van der Waals surface area contributed by atoms with E-state index in [9.17, 15) is 9.18 Å². The number of hydrogen-bond acceptors (Lipinski definition) is 8. The summed E-state index contributed by atoms with van der Waals surface area (Å²) >= 11 is 0. The number of rotatable bonds is 6. The number of nitrogens with two attached hydrogens (primary N) is 1. The third-order valence-corrected chi connectivity index (χ3v) is 6.55. The molecule has 2 N–H and O–H groups in total. The van der Waals surface area contributed by atoms with Crippen molar-refractivity contribution in [2.75, 3.05) is 52.7 Å². The summed E-state index contributed by atoms with van der Waals surface area (Å²) in [6.45, 7) is 2.70. The first-order valence-electron chi connectivity index (χ1n) is 12.0. The smallest absolute Gasteiger partial charge is 0.246 e. The minimum absolute atomic E-state index is 0.0625. The number of alkyl halides is 1. The van der Waals surface area contributed by atoms with E-state index in [-0.39, 0.29) is 17.8 Å². The molecule has 0 bridgehead atoms. The molecule has 3 aromatic rings. The Morgan fingerprint density at radius 1 is 1.16 bits per heavy atom. The van der Waals surface area contributed by atoms with Gasteiger partial charge in [0.2, 0.25) is 5.91 Å². The summed E-state index contributed by atoms with van der Waals surface area (Å²) < 4.78 is 25.7. The molecule has 192 valence electrons. The number of amides is 1. The van der Waals surface area contributed by atoms with Crippen molar-refractivity contribution < 1.29 is 18.7 Å². The molecule has 4 heterocycles. The van der Waals surface area contributed by atoms with Gasteiger partial charge in [-0.05, 0) is 24.5 Å². The van der Waals surface area contributed by atoms with Crippen molar-refractivity contribution in [2.24, 2.45) is 0 Å². The quantitative estimate of drug-likeness (QED) is 0.399. The molecule has 1 unspecified atom stereocenters. The number of aromatic nitrogens is 4. The Morgan fingerprint density at radius 3 is 2.59 bits per heavy atom. The second-order valence-electron chi connectivity index (χ2n) is 9.05. The molecule has 2 aromatic heterocycles. The molecule has 5 rings (SSSR count). The van der Waals surface area contributed by atoms with Crippen molar-refractivity contribution in [1.29, 1.82) is 0 Å². The van der Waals surface area contributed by atoms with Crippen LogP contribution in [-0.2, 0) is 4.79 Å². The summed E-state index contributed by atoms with van der Waals surface area (Å²) in [5.41, 5.74) is 7.89. The largest absolute Gasteiger partial charge is 0.497 e. The lowest BCUT2D eigenvalue weighted by Crippen LogP contribution is -2.50. The SMILES string of the molecule is COc1cc(C#Cc2nn(C3CN(C(=O)C=CCN4CCC(F)C4)C3)c3ncnc(N)c23)cc(OC)c1. The van der Waals surface area contributed by atoms with E-state index >= 15 is 0 Å². The van der Waals surface area contributed by atoms with Crippen LogP contribution in [0.25, 0.3) is 11.0 Å². The van der Waals surface area contributed by atoms with Gasteiger partial charge in [-0.3, -0.25) is 9.69 Å². The zero-order chi connectivity index (χ0) is 25.9. The lowest BCUT2D eigenvalue weighted by molar-refractivity contribution is -0.131. The topological polar surface area (TPSA) is 112 Å². The van der Waals surface area contributed by atoms with E-state index in [1.165, 1.54) is 6.33 Å². The number of methoxy groups -OCH3 is 2. The number of anilines is 1. The number of halogens is 1. The average molecular weight is 506 g/mol. The van der Waals surface area contributed by atoms with Crippen molar-refractivity contribution in [3.63, 3.8) is 0 Å². The van der Waals surface area contributed by atoms with Crippen molar-refractivity contribution >= 4 is 22.8 Å². The Bertz CT molecular complexity index is 1380. The van der Waals surface area contributed by atoms with E-state index in [0.717, 1.165) is 6.54 Å². The highest BCUT2D eigenvalue weighted by Gasteiger charge is 2.33. The maximum absolute atomic E-state index is 13.3. The van der Waals surface area contributed by atoms with Gasteiger partial charge in [-0.2, -0.15) is 5.10 Å². The van der Waals surface area contributed by atoms with Gasteiger partial charge in [0, 0.05) is 50.4 Å². The number of carbonyl (C=O) groups is 1. The zero-order valence-electron chi connectivity index (χ0n) is 20.7. The molecule has 1 aromatic carbocycles. The number of nitrogen functional groups attached to an aromatic ring is 1. The van der Waals surface area contributed by atoms with Crippen LogP contribution in [-0.4, -0.2) is 88.6 Å². The third kappa shape index (κ3) is 5.20. The number of likely N-dealkylation sites (tertiary alicyclic amines) is 2. The van der Waals surface area contributed by atoms with Gasteiger partial charge in [-0.25, -0.2) is 19.0 Å². The maximum Gasteiger partial charge on any atom is 0.246 e. The fraction of sp³-hybridized carbons (Fsp3) is 0.385. The van der Waals surface area contributed by atoms with E-state index in [1.54, 1.807) is 54.2 Å². The third-order valence-electron chi connectivity index (χ3n) is 6.55. The molecular weight excluding hydrogens is 477 g/mol. The molecule has 1 amide bonds. The molecule has 0 saturated carbocycles. The van der Waals surface area contributed by atoms with Crippen LogP contribution in [0.1, 0.15) is 23.7 Å². The highest BCUT2D eigenvalue weighted by Crippen LogP contribution is 2.29. The molecule has 0 aliphatic carbocycles. The van der Waals surface area contributed by atoms with Gasteiger partial charge < -0.3 is 20.1 Å². The van der Waals surface area contributed by atoms with Crippen LogP contribution >= 0.6 is 0 Å². The number of fused-ring (bicyclic) bond motifs is 1. The summed E-state index contributed by atoms with van der Waals surface area (Å²) in [4.78, 5) is 24.8. The highest BCUT2D eigenvalue weighted by atomic mass is 19.1. The zero-order valence-corrected chi connectivity index (χ0v) is 20.7. The van der Waals surface area contributed by atoms with E-state index in [4.69, 9.17) is 15.2 Å². The lowest BCUT2D eigenvalue weighted by atomic mass is 10.1. The van der Waals surface area contributed by atoms with Gasteiger partial charge in [0.15, 0.2) is 5.65 Å². The molecule has 1 atom stereocenters. The second-order valence-corrected chi connectivity index (χ2v) is 9.05. The Kier molecular flexibility index (Phi) is 6.92. The van der Waals surface area contributed by atoms with Crippen molar-refractivity contribution in [3.8, 4) is 23.3 Å². The standard InChI is InChI=1S/C26H28FN7O3/c1-36-20-10-17(11-21(12-20)37-2)5-6-22-24-25(28)29-16-30-26(24)34(31-22)19-14-33(15-19)23(35)4-3-8-32-9-7-18(27)13-32/h3-4,10-12,16,18-19H,7-9,13-15H2,1-2H3,(H2,28,29,30). The maximum atomic E-state index is 13.3. The summed E-state index contributed by atoms with van der Waals surface area (Å²) in [5.74, 6) is 7.65. The summed E-state index contributed by atoms with van der Waals surface area (Å²) in [6.07, 6.45) is 4.54. The molecule has 2 aliphatic heterocycles. The van der Waals surface area contributed by atoms with Crippen LogP contribution in [0.4, 0.5) is 10.2 Å². The number of nitrogens with zero attached hydrogens (tertiary/aromatic N) is 6. The van der Waals surface area contributed by atoms with E-state index in [1.807, 2.05) is 4.90 Å². The van der Waals surface area contributed by atoms with Gasteiger partial charge in [-0.1, -0.05) is 12.0 Å². The number of benzene rings is 1. The van der Waals surface area contributed by atoms with Crippen LogP contribution < -0.4 is 15.2 Å². The van der Waals surface area contributed by atoms with Gasteiger partial charge in [0.25, 0.3) is 0 Å². The van der Waals surface area contributed by atoms with E-state index in [0.29, 0.717) is 66.4 Å². The van der Waals surface area contributed by atoms with Gasteiger partial charge in [0.05, 0.1) is 25.6 Å². The van der Waals surface area contributed by atoms with Crippen molar-refractivity contribution in [1.82, 2.24) is 29.5 Å². The number of carbonyl (C=O) groups excluding carboxylic acids is 1. The Morgan fingerprint density at radius 2 is 1.92 bits per heavy atom. The fourth-order valence-corrected chi connectivity index (χ4v) is 4.50. The van der Waals surface area contributed by atoms with Crippen LogP contribution in [0.2, 0.25) is 0 Å². The average Bonchev–Trinajstić information content (AvgIpc) is 3.45. The van der Waals surface area contributed by atoms with Gasteiger partial charge >= 0.3 is 0 Å². The van der Waals surface area contributed by atoms with Crippen LogP contribution in [0.3, 0.4) is 0 Å². The first kappa shape index (κ1) is 24.5. The van der Waals surface area contributed by atoms with Crippen LogP contribution in [0.15, 0.2) is 36.7 Å². The lowest BCUT2D eigenvalue weighted by Gasteiger charge is -2.38. The minimum Gasteiger partial charge on any atom is -0.497 e. The van der Waals surface area contributed by atoms with Crippen LogP contribution in [0.5, 0.6) is 11.5 Å². The second kappa shape index (κ2) is 10.4. The predicted octanol–water partition coefficient (Wildman–Crippen LogP) is 1.81. The molecule has 11 heteroatoms. The number of ether oxygens (including phenoxy) is 2. The number of hydrogen-bond donors (Lipinski definition) is 1. The summed E-state index contributed by atoms with van der Waals surface area (Å²) in [7, 11) is 3.16. The molecule has 2 saturated heterocycles. The van der Waals surface area contributed by atoms with Crippen molar-refractivity contribution in [2.45, 2.75) is 18.6 Å². The molecule has 2 fully saturated rings. The normalized spacial score (nSPS) is 18.1. The monoisotopic (exact) mass is 505 g/mol. The Hall–Kier alpha value is -4.17. The summed E-state index contributed by atoms with van der Waals surface area (Å²) in [6, 6.07) is 5.31. The van der Waals surface area contributed by atoms with Crippen LogP contribution in [0, 0.1) is 11.8 Å². The molecule has 0 spiro atoms.